The van der Waals surface area contributed by atoms with Crippen LogP contribution in [0.4, 0.5) is 4.79 Å². The minimum Gasteiger partial charge on any atom is -0.481 e. The molecule has 0 rings (SSSR count). The number of hydrogen-bond acceptors (Lipinski definition) is 3. The fourth-order valence-electron chi connectivity index (χ4n) is 1.62. The van der Waals surface area contributed by atoms with Gasteiger partial charge in [0.05, 0.1) is 6.42 Å². The number of carboxylic acid groups (broad SMARTS) is 1. The number of carbonyl (C=O) groups excluding carboxylic acids is 1. The van der Waals surface area contributed by atoms with Crippen molar-refractivity contribution in [2.24, 2.45) is 0 Å². The van der Waals surface area contributed by atoms with Crippen molar-refractivity contribution in [1.82, 2.24) is 10.2 Å². The number of thioether (sulfide) groups is 1. The van der Waals surface area contributed by atoms with E-state index in [0.29, 0.717) is 18.3 Å². The maximum Gasteiger partial charge on any atom is 0.317 e. The Labute approximate surface area is 113 Å². The summed E-state index contributed by atoms with van der Waals surface area (Å²) in [6, 6.07) is -0.468. The van der Waals surface area contributed by atoms with Crippen LogP contribution in [-0.4, -0.2) is 52.6 Å². The quantitative estimate of drug-likeness (QED) is 0.711. The van der Waals surface area contributed by atoms with Gasteiger partial charge in [-0.15, -0.1) is 0 Å². The van der Waals surface area contributed by atoms with Crippen molar-refractivity contribution in [3.63, 3.8) is 0 Å². The van der Waals surface area contributed by atoms with Crippen LogP contribution in [0.15, 0.2) is 0 Å². The van der Waals surface area contributed by atoms with Gasteiger partial charge in [-0.3, -0.25) is 4.79 Å². The first-order valence-electron chi connectivity index (χ1n) is 6.21. The Morgan fingerprint density at radius 3 is 2.44 bits per heavy atom. The van der Waals surface area contributed by atoms with Gasteiger partial charge in [0, 0.05) is 24.4 Å². The molecule has 0 saturated heterocycles. The average molecular weight is 276 g/mol. The van der Waals surface area contributed by atoms with E-state index < -0.39 is 5.97 Å². The largest absolute Gasteiger partial charge is 0.481 e. The SMILES string of the molecule is CCN(C(=O)NCCC(C)SC)C(C)CC(=O)O. The van der Waals surface area contributed by atoms with Crippen LogP contribution >= 0.6 is 11.8 Å². The van der Waals surface area contributed by atoms with Gasteiger partial charge in [0.25, 0.3) is 0 Å². The summed E-state index contributed by atoms with van der Waals surface area (Å²) in [5.74, 6) is -0.884. The van der Waals surface area contributed by atoms with E-state index in [1.54, 1.807) is 23.6 Å². The second-order valence-corrected chi connectivity index (χ2v) is 5.58. The van der Waals surface area contributed by atoms with Crippen LogP contribution in [0.3, 0.4) is 0 Å². The third-order valence-corrected chi connectivity index (χ3v) is 3.87. The van der Waals surface area contributed by atoms with E-state index in [1.807, 2.05) is 13.2 Å². The van der Waals surface area contributed by atoms with Crippen molar-refractivity contribution in [1.29, 1.82) is 0 Å². The summed E-state index contributed by atoms with van der Waals surface area (Å²) >= 11 is 1.76. The van der Waals surface area contributed by atoms with Crippen molar-refractivity contribution < 1.29 is 14.7 Å². The first-order chi connectivity index (χ1) is 8.42. The lowest BCUT2D eigenvalue weighted by atomic mass is 10.2. The van der Waals surface area contributed by atoms with Gasteiger partial charge in [0.1, 0.15) is 0 Å². The first-order valence-corrected chi connectivity index (χ1v) is 7.50. The van der Waals surface area contributed by atoms with Gasteiger partial charge in [-0.2, -0.15) is 11.8 Å². The Bertz CT molecular complexity index is 274. The van der Waals surface area contributed by atoms with Crippen LogP contribution in [0.5, 0.6) is 0 Å². The van der Waals surface area contributed by atoms with E-state index in [9.17, 15) is 9.59 Å². The van der Waals surface area contributed by atoms with E-state index >= 15 is 0 Å². The molecule has 0 heterocycles. The molecule has 6 heteroatoms. The fraction of sp³-hybridized carbons (Fsp3) is 0.833. The smallest absolute Gasteiger partial charge is 0.317 e. The van der Waals surface area contributed by atoms with Crippen molar-refractivity contribution >= 4 is 23.8 Å². The summed E-state index contributed by atoms with van der Waals surface area (Å²) in [5.41, 5.74) is 0. The highest BCUT2D eigenvalue weighted by Gasteiger charge is 2.20. The summed E-state index contributed by atoms with van der Waals surface area (Å²) in [6.45, 7) is 6.85. The molecule has 0 aromatic heterocycles. The summed E-state index contributed by atoms with van der Waals surface area (Å²) < 4.78 is 0. The highest BCUT2D eigenvalue weighted by Crippen LogP contribution is 2.08. The van der Waals surface area contributed by atoms with Crippen LogP contribution < -0.4 is 5.32 Å². The minimum absolute atomic E-state index is 0.0253. The summed E-state index contributed by atoms with van der Waals surface area (Å²) in [5, 5.41) is 12.1. The van der Waals surface area contributed by atoms with E-state index in [0.717, 1.165) is 6.42 Å². The highest BCUT2D eigenvalue weighted by atomic mass is 32.2. The second-order valence-electron chi connectivity index (χ2n) is 4.30. The number of hydrogen-bond donors (Lipinski definition) is 2. The molecule has 0 bridgehead atoms. The van der Waals surface area contributed by atoms with Crippen molar-refractivity contribution in [3.05, 3.63) is 0 Å². The van der Waals surface area contributed by atoms with Gasteiger partial charge in [-0.05, 0) is 26.5 Å². The van der Waals surface area contributed by atoms with Crippen LogP contribution in [0, 0.1) is 0 Å². The number of nitrogens with one attached hydrogen (secondary N) is 1. The highest BCUT2D eigenvalue weighted by molar-refractivity contribution is 7.99. The van der Waals surface area contributed by atoms with E-state index in [2.05, 4.69) is 12.2 Å². The Balaban J connectivity index is 4.14. The normalized spacial score (nSPS) is 13.8. The fourth-order valence-corrected chi connectivity index (χ4v) is 1.97. The van der Waals surface area contributed by atoms with Crippen molar-refractivity contribution in [2.45, 2.75) is 44.9 Å². The maximum atomic E-state index is 11.9. The standard InChI is InChI=1S/C12H24N2O3S/c1-5-14(9(2)8-11(15)16)12(17)13-7-6-10(3)18-4/h9-10H,5-8H2,1-4H3,(H,13,17)(H,15,16). The van der Waals surface area contributed by atoms with E-state index in [-0.39, 0.29) is 18.5 Å². The van der Waals surface area contributed by atoms with Crippen molar-refractivity contribution in [2.75, 3.05) is 19.3 Å². The number of carbonyl (C=O) groups is 2. The molecule has 0 saturated carbocycles. The van der Waals surface area contributed by atoms with Crippen molar-refractivity contribution in [3.8, 4) is 0 Å². The van der Waals surface area contributed by atoms with Gasteiger partial charge in [0.2, 0.25) is 0 Å². The molecule has 0 aliphatic rings. The summed E-state index contributed by atoms with van der Waals surface area (Å²) in [7, 11) is 0. The Morgan fingerprint density at radius 1 is 1.39 bits per heavy atom. The molecule has 2 atom stereocenters. The average Bonchev–Trinajstić information content (AvgIpc) is 2.28. The van der Waals surface area contributed by atoms with Crippen LogP contribution in [-0.2, 0) is 4.79 Å². The molecule has 5 nitrogen and oxygen atoms in total. The molecule has 2 unspecified atom stereocenters. The number of aliphatic carboxylic acids is 1. The summed E-state index contributed by atoms with van der Waals surface area (Å²) in [6.07, 6.45) is 2.93. The molecule has 0 aromatic rings. The molecule has 18 heavy (non-hydrogen) atoms. The van der Waals surface area contributed by atoms with Gasteiger partial charge in [0.15, 0.2) is 0 Å². The lowest BCUT2D eigenvalue weighted by Gasteiger charge is -2.27. The lowest BCUT2D eigenvalue weighted by Crippen LogP contribution is -2.46. The van der Waals surface area contributed by atoms with Crippen LogP contribution in [0.25, 0.3) is 0 Å². The molecule has 0 aliphatic heterocycles. The first kappa shape index (κ1) is 17.1. The van der Waals surface area contributed by atoms with Gasteiger partial charge < -0.3 is 15.3 Å². The molecule has 0 aromatic carbocycles. The zero-order valence-electron chi connectivity index (χ0n) is 11.6. The topological polar surface area (TPSA) is 69.6 Å². The van der Waals surface area contributed by atoms with Gasteiger partial charge in [-0.1, -0.05) is 6.92 Å². The second kappa shape index (κ2) is 9.08. The summed E-state index contributed by atoms with van der Waals surface area (Å²) in [4.78, 5) is 24.1. The number of nitrogens with zero attached hydrogens (tertiary/aromatic N) is 1. The van der Waals surface area contributed by atoms with E-state index in [4.69, 9.17) is 5.11 Å². The van der Waals surface area contributed by atoms with E-state index in [1.165, 1.54) is 0 Å². The lowest BCUT2D eigenvalue weighted by molar-refractivity contribution is -0.138. The Hall–Kier alpha value is -0.910. The molecule has 2 N–H and O–H groups in total. The third kappa shape index (κ3) is 6.74. The number of carboxylic acids is 1. The molecule has 0 fully saturated rings. The number of amides is 2. The minimum atomic E-state index is -0.884. The Kier molecular flexibility index (Phi) is 8.62. The Morgan fingerprint density at radius 2 is 2.00 bits per heavy atom. The third-order valence-electron chi connectivity index (χ3n) is 2.83. The predicted molar refractivity (Wildman–Crippen MR) is 75.1 cm³/mol. The van der Waals surface area contributed by atoms with Crippen LogP contribution in [0.2, 0.25) is 0 Å². The zero-order chi connectivity index (χ0) is 14.1. The van der Waals surface area contributed by atoms with Gasteiger partial charge in [-0.25, -0.2) is 4.79 Å². The van der Waals surface area contributed by atoms with Crippen LogP contribution in [0.1, 0.15) is 33.6 Å². The maximum absolute atomic E-state index is 11.9. The predicted octanol–water partition coefficient (Wildman–Crippen LogP) is 2.02. The molecule has 2 amide bonds. The molecule has 0 aliphatic carbocycles. The zero-order valence-corrected chi connectivity index (χ0v) is 12.4. The van der Waals surface area contributed by atoms with Gasteiger partial charge >= 0.3 is 12.0 Å². The molecule has 0 spiro atoms. The number of rotatable bonds is 8. The monoisotopic (exact) mass is 276 g/mol. The molecule has 0 radical (unpaired) electrons. The molecular weight excluding hydrogens is 252 g/mol. The number of urea groups is 1. The molecular formula is C12H24N2O3S. The molecule has 106 valence electrons.